The van der Waals surface area contributed by atoms with Crippen LogP contribution < -0.4 is 11.1 Å². The number of carbonyl (C=O) groups is 1. The molecule has 1 aromatic carbocycles. The molecular weight excluding hydrogens is 226 g/mol. The minimum absolute atomic E-state index is 0.0245. The molecule has 7 nitrogen and oxygen atoms in total. The van der Waals surface area contributed by atoms with Crippen molar-refractivity contribution in [2.45, 2.75) is 13.0 Å². The van der Waals surface area contributed by atoms with Gasteiger partial charge in [0, 0.05) is 23.9 Å². The second-order valence-electron chi connectivity index (χ2n) is 3.56. The summed E-state index contributed by atoms with van der Waals surface area (Å²) in [6, 6.07) is 4.54. The van der Waals surface area contributed by atoms with Crippen LogP contribution in [0.15, 0.2) is 18.2 Å². The lowest BCUT2D eigenvalue weighted by molar-refractivity contribution is -0.385. The largest absolute Gasteiger partial charge is 0.382 e. The van der Waals surface area contributed by atoms with Gasteiger partial charge in [-0.1, -0.05) is 6.07 Å². The highest BCUT2D eigenvalue weighted by atomic mass is 16.6. The minimum atomic E-state index is -1.32. The van der Waals surface area contributed by atoms with Gasteiger partial charge in [0.25, 0.3) is 5.69 Å². The summed E-state index contributed by atoms with van der Waals surface area (Å²) in [5, 5.41) is 22.5. The van der Waals surface area contributed by atoms with Crippen LogP contribution >= 0.6 is 0 Å². The maximum absolute atomic E-state index is 10.7. The van der Waals surface area contributed by atoms with Crippen molar-refractivity contribution in [1.29, 1.82) is 0 Å². The lowest BCUT2D eigenvalue weighted by Gasteiger charge is -2.09. The molecule has 0 spiro atoms. The molecule has 0 aliphatic carbocycles. The number of rotatable bonds is 5. The van der Waals surface area contributed by atoms with Gasteiger partial charge in [0.15, 0.2) is 0 Å². The SMILES string of the molecule is Cc1ccc(NCC(O)C(N)=O)cc1[N+](=O)[O-]. The van der Waals surface area contributed by atoms with E-state index >= 15 is 0 Å². The van der Waals surface area contributed by atoms with E-state index in [-0.39, 0.29) is 12.2 Å². The number of carbonyl (C=O) groups excluding carboxylic acids is 1. The van der Waals surface area contributed by atoms with Crippen molar-refractivity contribution in [3.63, 3.8) is 0 Å². The number of primary amides is 1. The fourth-order valence-electron chi connectivity index (χ4n) is 1.23. The molecule has 1 rings (SSSR count). The van der Waals surface area contributed by atoms with Gasteiger partial charge in [-0.25, -0.2) is 0 Å². The average molecular weight is 239 g/mol. The molecule has 0 saturated heterocycles. The van der Waals surface area contributed by atoms with Gasteiger partial charge in [-0.05, 0) is 13.0 Å². The fraction of sp³-hybridized carbons (Fsp3) is 0.300. The van der Waals surface area contributed by atoms with Gasteiger partial charge in [-0.3, -0.25) is 14.9 Å². The summed E-state index contributed by atoms with van der Waals surface area (Å²) in [4.78, 5) is 20.8. The Labute approximate surface area is 97.4 Å². The second kappa shape index (κ2) is 5.26. The smallest absolute Gasteiger partial charge is 0.274 e. The number of benzene rings is 1. The van der Waals surface area contributed by atoms with Crippen LogP contribution in [0.2, 0.25) is 0 Å². The molecule has 1 unspecified atom stereocenters. The number of amides is 1. The van der Waals surface area contributed by atoms with E-state index in [2.05, 4.69) is 5.32 Å². The van der Waals surface area contributed by atoms with Crippen molar-refractivity contribution in [1.82, 2.24) is 0 Å². The number of nitro groups is 1. The summed E-state index contributed by atoms with van der Waals surface area (Å²) in [6.45, 7) is 1.54. The van der Waals surface area contributed by atoms with Crippen LogP contribution in [0.4, 0.5) is 11.4 Å². The highest BCUT2D eigenvalue weighted by Gasteiger charge is 2.13. The molecule has 0 radical (unpaired) electrons. The Morgan fingerprint density at radius 2 is 2.29 bits per heavy atom. The normalized spacial score (nSPS) is 11.9. The summed E-state index contributed by atoms with van der Waals surface area (Å²) in [7, 11) is 0. The number of nitrogens with two attached hydrogens (primary N) is 1. The van der Waals surface area contributed by atoms with Gasteiger partial charge in [0.1, 0.15) is 6.10 Å². The Morgan fingerprint density at radius 3 is 2.82 bits per heavy atom. The van der Waals surface area contributed by atoms with Crippen molar-refractivity contribution in [2.75, 3.05) is 11.9 Å². The van der Waals surface area contributed by atoms with Crippen LogP contribution in [0.3, 0.4) is 0 Å². The van der Waals surface area contributed by atoms with E-state index in [0.29, 0.717) is 11.3 Å². The van der Waals surface area contributed by atoms with Gasteiger partial charge in [-0.15, -0.1) is 0 Å². The highest BCUT2D eigenvalue weighted by Crippen LogP contribution is 2.22. The third kappa shape index (κ3) is 3.42. The lowest BCUT2D eigenvalue weighted by Crippen LogP contribution is -2.34. The Hall–Kier alpha value is -2.15. The quantitative estimate of drug-likeness (QED) is 0.499. The van der Waals surface area contributed by atoms with Crippen molar-refractivity contribution in [3.05, 3.63) is 33.9 Å². The molecule has 0 bridgehead atoms. The first-order valence-electron chi connectivity index (χ1n) is 4.88. The third-order valence-electron chi connectivity index (χ3n) is 2.23. The number of aliphatic hydroxyl groups is 1. The third-order valence-corrected chi connectivity index (χ3v) is 2.23. The molecule has 0 fully saturated rings. The van der Waals surface area contributed by atoms with E-state index in [1.54, 1.807) is 19.1 Å². The molecule has 0 aromatic heterocycles. The van der Waals surface area contributed by atoms with Crippen LogP contribution in [0.25, 0.3) is 0 Å². The predicted octanol–water partition coefficient (Wildman–Crippen LogP) is 0.161. The van der Waals surface area contributed by atoms with Crippen molar-refractivity contribution < 1.29 is 14.8 Å². The zero-order valence-electron chi connectivity index (χ0n) is 9.21. The van der Waals surface area contributed by atoms with Crippen LogP contribution in [-0.4, -0.2) is 28.6 Å². The number of aliphatic hydroxyl groups excluding tert-OH is 1. The number of nitrogens with one attached hydrogen (secondary N) is 1. The molecule has 0 heterocycles. The number of hydrogen-bond acceptors (Lipinski definition) is 5. The van der Waals surface area contributed by atoms with Crippen LogP contribution in [-0.2, 0) is 4.79 Å². The Kier molecular flexibility index (Phi) is 4.00. The van der Waals surface area contributed by atoms with Gasteiger partial charge in [-0.2, -0.15) is 0 Å². The molecule has 92 valence electrons. The van der Waals surface area contributed by atoms with Crippen molar-refractivity contribution in [2.24, 2.45) is 5.73 Å². The molecule has 17 heavy (non-hydrogen) atoms. The highest BCUT2D eigenvalue weighted by molar-refractivity contribution is 5.79. The van der Waals surface area contributed by atoms with Gasteiger partial charge in [0.05, 0.1) is 4.92 Å². The molecule has 1 aromatic rings. The van der Waals surface area contributed by atoms with Crippen LogP contribution in [0, 0.1) is 17.0 Å². The monoisotopic (exact) mass is 239 g/mol. The molecule has 1 atom stereocenters. The maximum atomic E-state index is 10.7. The second-order valence-corrected chi connectivity index (χ2v) is 3.56. The standard InChI is InChI=1S/C10H13N3O4/c1-6-2-3-7(4-8(6)13(16)17)12-5-9(14)10(11)15/h2-4,9,12,14H,5H2,1H3,(H2,11,15). The number of hydrogen-bond donors (Lipinski definition) is 3. The van der Waals surface area contributed by atoms with E-state index in [1.807, 2.05) is 0 Å². The van der Waals surface area contributed by atoms with E-state index in [0.717, 1.165) is 0 Å². The summed E-state index contributed by atoms with van der Waals surface area (Å²) in [5.74, 6) is -0.848. The zero-order chi connectivity index (χ0) is 13.0. The van der Waals surface area contributed by atoms with Crippen molar-refractivity contribution in [3.8, 4) is 0 Å². The van der Waals surface area contributed by atoms with Gasteiger partial charge in [0.2, 0.25) is 5.91 Å². The first kappa shape index (κ1) is 12.9. The summed E-state index contributed by atoms with van der Waals surface area (Å²) >= 11 is 0. The molecule has 7 heteroatoms. The molecule has 0 aliphatic heterocycles. The van der Waals surface area contributed by atoms with Crippen LogP contribution in [0.5, 0.6) is 0 Å². The van der Waals surface area contributed by atoms with E-state index in [4.69, 9.17) is 10.8 Å². The Bertz CT molecular complexity index is 447. The van der Waals surface area contributed by atoms with Gasteiger partial charge < -0.3 is 16.2 Å². The lowest BCUT2D eigenvalue weighted by atomic mass is 10.2. The number of aryl methyl sites for hydroxylation is 1. The summed E-state index contributed by atoms with van der Waals surface area (Å²) in [5.41, 5.74) is 5.83. The predicted molar refractivity (Wildman–Crippen MR) is 61.5 cm³/mol. The number of anilines is 1. The van der Waals surface area contributed by atoms with E-state index in [9.17, 15) is 14.9 Å². The van der Waals surface area contributed by atoms with E-state index in [1.165, 1.54) is 6.07 Å². The first-order valence-corrected chi connectivity index (χ1v) is 4.88. The minimum Gasteiger partial charge on any atom is -0.382 e. The van der Waals surface area contributed by atoms with Crippen LogP contribution in [0.1, 0.15) is 5.56 Å². The first-order chi connectivity index (χ1) is 7.91. The summed E-state index contributed by atoms with van der Waals surface area (Å²) < 4.78 is 0. The number of nitrogens with zero attached hydrogens (tertiary/aromatic N) is 1. The topological polar surface area (TPSA) is 118 Å². The number of nitro benzene ring substituents is 1. The maximum Gasteiger partial charge on any atom is 0.274 e. The summed E-state index contributed by atoms with van der Waals surface area (Å²) in [6.07, 6.45) is -1.32. The van der Waals surface area contributed by atoms with E-state index < -0.39 is 16.9 Å². The average Bonchev–Trinajstić information content (AvgIpc) is 2.26. The molecule has 1 amide bonds. The van der Waals surface area contributed by atoms with Crippen molar-refractivity contribution >= 4 is 17.3 Å². The molecule has 0 aliphatic rings. The fourth-order valence-corrected chi connectivity index (χ4v) is 1.23. The molecule has 0 saturated carbocycles. The zero-order valence-corrected chi connectivity index (χ0v) is 9.21. The molecular formula is C10H13N3O4. The molecule has 4 N–H and O–H groups in total. The Balaban J connectivity index is 2.76. The Morgan fingerprint density at radius 1 is 1.65 bits per heavy atom. The van der Waals surface area contributed by atoms with Gasteiger partial charge >= 0.3 is 0 Å².